The van der Waals surface area contributed by atoms with Gasteiger partial charge in [0.05, 0.1) is 12.8 Å². The van der Waals surface area contributed by atoms with E-state index in [-0.39, 0.29) is 5.91 Å². The van der Waals surface area contributed by atoms with Gasteiger partial charge in [0, 0.05) is 38.3 Å². The number of hydrogen-bond donors (Lipinski definition) is 0. The maximum absolute atomic E-state index is 12.6. The van der Waals surface area contributed by atoms with Crippen LogP contribution in [-0.4, -0.2) is 69.1 Å². The van der Waals surface area contributed by atoms with Crippen molar-refractivity contribution in [2.75, 3.05) is 38.2 Å². The van der Waals surface area contributed by atoms with Crippen LogP contribution in [-0.2, 0) is 4.79 Å². The molecule has 1 amide bonds. The SMILES string of the molecule is COc1cccc(-n2nnc3c(N4CCN(C(=O)/C=C\c5ccccc5)CC4)ncnc32)c1. The number of anilines is 1. The smallest absolute Gasteiger partial charge is 0.246 e. The molecular weight excluding hydrogens is 418 g/mol. The van der Waals surface area contributed by atoms with Crippen molar-refractivity contribution < 1.29 is 9.53 Å². The minimum Gasteiger partial charge on any atom is -0.497 e. The van der Waals surface area contributed by atoms with Crippen LogP contribution in [0.4, 0.5) is 5.82 Å². The van der Waals surface area contributed by atoms with E-state index in [4.69, 9.17) is 4.74 Å². The number of piperazine rings is 1. The molecule has 4 aromatic rings. The molecule has 0 bridgehead atoms. The number of rotatable bonds is 5. The Morgan fingerprint density at radius 2 is 1.82 bits per heavy atom. The van der Waals surface area contributed by atoms with E-state index in [1.807, 2.05) is 65.6 Å². The normalized spacial score (nSPS) is 14.2. The Kier molecular flexibility index (Phi) is 5.67. The molecule has 1 saturated heterocycles. The first-order chi connectivity index (χ1) is 16.2. The van der Waals surface area contributed by atoms with E-state index in [1.165, 1.54) is 6.33 Å². The number of amides is 1. The molecule has 5 rings (SSSR count). The van der Waals surface area contributed by atoms with Crippen LogP contribution in [0, 0.1) is 0 Å². The van der Waals surface area contributed by atoms with Gasteiger partial charge in [0.1, 0.15) is 12.1 Å². The van der Waals surface area contributed by atoms with Crippen LogP contribution in [0.15, 0.2) is 67.0 Å². The van der Waals surface area contributed by atoms with E-state index >= 15 is 0 Å². The summed E-state index contributed by atoms with van der Waals surface area (Å²) >= 11 is 0. The number of nitrogens with zero attached hydrogens (tertiary/aromatic N) is 7. The number of methoxy groups -OCH3 is 1. The lowest BCUT2D eigenvalue weighted by molar-refractivity contribution is -0.126. The maximum Gasteiger partial charge on any atom is 0.246 e. The predicted molar refractivity (Wildman–Crippen MR) is 125 cm³/mol. The van der Waals surface area contributed by atoms with E-state index in [9.17, 15) is 4.79 Å². The van der Waals surface area contributed by atoms with Crippen molar-refractivity contribution in [1.82, 2.24) is 29.9 Å². The standard InChI is InChI=1S/C24H23N7O2/c1-33-20-9-5-8-19(16-20)31-24-22(27-28-31)23(25-17-26-24)30-14-12-29(13-15-30)21(32)11-10-18-6-3-2-4-7-18/h2-11,16-17H,12-15H2,1H3/b11-10-. The third kappa shape index (κ3) is 4.25. The summed E-state index contributed by atoms with van der Waals surface area (Å²) in [4.78, 5) is 25.5. The van der Waals surface area contributed by atoms with Gasteiger partial charge in [-0.15, -0.1) is 5.10 Å². The average Bonchev–Trinajstić information content (AvgIpc) is 3.32. The number of carbonyl (C=O) groups excluding carboxylic acids is 1. The van der Waals surface area contributed by atoms with Crippen molar-refractivity contribution in [2.24, 2.45) is 0 Å². The third-order valence-corrected chi connectivity index (χ3v) is 5.63. The molecule has 2 aromatic carbocycles. The number of fused-ring (bicyclic) bond motifs is 1. The van der Waals surface area contributed by atoms with Crippen molar-refractivity contribution in [3.63, 3.8) is 0 Å². The van der Waals surface area contributed by atoms with Gasteiger partial charge in [0.25, 0.3) is 0 Å². The van der Waals surface area contributed by atoms with E-state index in [2.05, 4.69) is 25.2 Å². The number of ether oxygens (including phenoxy) is 1. The molecule has 0 spiro atoms. The summed E-state index contributed by atoms with van der Waals surface area (Å²) in [7, 11) is 1.63. The van der Waals surface area contributed by atoms with Crippen LogP contribution >= 0.6 is 0 Å². The van der Waals surface area contributed by atoms with Crippen LogP contribution in [0.2, 0.25) is 0 Å². The summed E-state index contributed by atoms with van der Waals surface area (Å²) in [6.07, 6.45) is 5.00. The summed E-state index contributed by atoms with van der Waals surface area (Å²) in [5.41, 5.74) is 3.07. The van der Waals surface area contributed by atoms with Crippen molar-refractivity contribution in [3.05, 3.63) is 72.6 Å². The molecule has 1 aliphatic rings. The highest BCUT2D eigenvalue weighted by atomic mass is 16.5. The van der Waals surface area contributed by atoms with E-state index in [1.54, 1.807) is 17.9 Å². The lowest BCUT2D eigenvalue weighted by atomic mass is 10.2. The Labute approximate surface area is 190 Å². The van der Waals surface area contributed by atoms with Gasteiger partial charge in [0.2, 0.25) is 5.91 Å². The summed E-state index contributed by atoms with van der Waals surface area (Å²) in [6, 6.07) is 17.4. The van der Waals surface area contributed by atoms with Crippen molar-refractivity contribution in [2.45, 2.75) is 0 Å². The molecular formula is C24H23N7O2. The minimum absolute atomic E-state index is 0.00954. The molecule has 9 nitrogen and oxygen atoms in total. The largest absolute Gasteiger partial charge is 0.497 e. The molecule has 2 aromatic heterocycles. The molecule has 0 aliphatic carbocycles. The predicted octanol–water partition coefficient (Wildman–Crippen LogP) is 2.58. The highest BCUT2D eigenvalue weighted by molar-refractivity contribution is 5.92. The van der Waals surface area contributed by atoms with Crippen molar-refractivity contribution in [3.8, 4) is 11.4 Å². The lowest BCUT2D eigenvalue weighted by Gasteiger charge is -2.34. The molecule has 1 fully saturated rings. The number of benzene rings is 2. The molecule has 3 heterocycles. The van der Waals surface area contributed by atoms with Crippen LogP contribution < -0.4 is 9.64 Å². The van der Waals surface area contributed by atoms with E-state index in [0.717, 1.165) is 22.8 Å². The Morgan fingerprint density at radius 3 is 2.61 bits per heavy atom. The number of hydrogen-bond acceptors (Lipinski definition) is 7. The van der Waals surface area contributed by atoms with Gasteiger partial charge >= 0.3 is 0 Å². The van der Waals surface area contributed by atoms with E-state index < -0.39 is 0 Å². The molecule has 33 heavy (non-hydrogen) atoms. The molecule has 166 valence electrons. The molecule has 9 heteroatoms. The third-order valence-electron chi connectivity index (χ3n) is 5.63. The average molecular weight is 441 g/mol. The topological polar surface area (TPSA) is 89.3 Å². The molecule has 0 saturated carbocycles. The van der Waals surface area contributed by atoms with E-state index in [0.29, 0.717) is 37.3 Å². The van der Waals surface area contributed by atoms with Gasteiger partial charge in [-0.2, -0.15) is 4.68 Å². The van der Waals surface area contributed by atoms with Gasteiger partial charge < -0.3 is 14.5 Å². The van der Waals surface area contributed by atoms with Crippen molar-refractivity contribution in [1.29, 1.82) is 0 Å². The van der Waals surface area contributed by atoms with Gasteiger partial charge in [-0.05, 0) is 23.8 Å². The van der Waals surface area contributed by atoms with Crippen LogP contribution in [0.1, 0.15) is 5.56 Å². The molecule has 1 aliphatic heterocycles. The van der Waals surface area contributed by atoms with Gasteiger partial charge in [-0.1, -0.05) is 41.6 Å². The first kappa shape index (κ1) is 20.6. The monoisotopic (exact) mass is 441 g/mol. The summed E-state index contributed by atoms with van der Waals surface area (Å²) in [6.45, 7) is 2.52. The second-order valence-electron chi connectivity index (χ2n) is 7.63. The second kappa shape index (κ2) is 9.07. The highest BCUT2D eigenvalue weighted by Gasteiger charge is 2.24. The summed E-state index contributed by atoms with van der Waals surface area (Å²) < 4.78 is 6.99. The van der Waals surface area contributed by atoms with Gasteiger partial charge in [-0.25, -0.2) is 9.97 Å². The Hall–Kier alpha value is -4.27. The molecule has 0 unspecified atom stereocenters. The van der Waals surface area contributed by atoms with Crippen LogP contribution in [0.3, 0.4) is 0 Å². The second-order valence-corrected chi connectivity index (χ2v) is 7.63. The zero-order valence-corrected chi connectivity index (χ0v) is 18.2. The van der Waals surface area contributed by atoms with Crippen LogP contribution in [0.25, 0.3) is 22.9 Å². The Bertz CT molecular complexity index is 1290. The molecule has 0 atom stereocenters. The fourth-order valence-electron chi connectivity index (χ4n) is 3.86. The fraction of sp³-hybridized carbons (Fsp3) is 0.208. The summed E-state index contributed by atoms with van der Waals surface area (Å²) in [5, 5.41) is 8.66. The first-order valence-corrected chi connectivity index (χ1v) is 10.7. The Balaban J connectivity index is 1.31. The fourth-order valence-corrected chi connectivity index (χ4v) is 3.86. The highest BCUT2D eigenvalue weighted by Crippen LogP contribution is 2.25. The lowest BCUT2D eigenvalue weighted by Crippen LogP contribution is -2.48. The minimum atomic E-state index is 0.00954. The number of carbonyl (C=O) groups is 1. The zero-order chi connectivity index (χ0) is 22.6. The maximum atomic E-state index is 12.6. The van der Waals surface area contributed by atoms with Gasteiger partial charge in [0.15, 0.2) is 17.0 Å². The molecule has 0 radical (unpaired) electrons. The van der Waals surface area contributed by atoms with Crippen LogP contribution in [0.5, 0.6) is 5.75 Å². The zero-order valence-electron chi connectivity index (χ0n) is 18.2. The number of aromatic nitrogens is 5. The molecule has 0 N–H and O–H groups in total. The van der Waals surface area contributed by atoms with Crippen molar-refractivity contribution >= 4 is 29.0 Å². The first-order valence-electron chi connectivity index (χ1n) is 10.7. The summed E-state index contributed by atoms with van der Waals surface area (Å²) in [5.74, 6) is 1.46. The van der Waals surface area contributed by atoms with Gasteiger partial charge in [-0.3, -0.25) is 4.79 Å². The quantitative estimate of drug-likeness (QED) is 0.440. The Morgan fingerprint density at radius 1 is 1.00 bits per heavy atom.